The predicted molar refractivity (Wildman–Crippen MR) is 78.2 cm³/mol. The molecule has 0 saturated heterocycles. The first-order chi connectivity index (χ1) is 9.15. The molecule has 0 aliphatic carbocycles. The molecule has 19 heavy (non-hydrogen) atoms. The van der Waals surface area contributed by atoms with Crippen molar-refractivity contribution < 1.29 is 10.3 Å². The number of aliphatic hydroxyl groups is 1. The first-order valence-corrected chi connectivity index (χ1v) is 6.65. The maximum absolute atomic E-state index is 9.17. The standard InChI is InChI=1S/C13H20ClN3O2/c1-2-3-7-17(8-9-18)11-6-4-5-10(14)12(11)13(15)16-19/h4-6,18-19H,2-3,7-9H2,1H3,(H2,15,16). The monoisotopic (exact) mass is 285 g/mol. The Hall–Kier alpha value is -1.46. The lowest BCUT2D eigenvalue weighted by molar-refractivity contribution is 0.301. The number of unbranched alkanes of at least 4 members (excludes halogenated alkanes) is 1. The van der Waals surface area contributed by atoms with E-state index in [9.17, 15) is 0 Å². The van der Waals surface area contributed by atoms with E-state index in [0.717, 1.165) is 25.1 Å². The molecule has 4 N–H and O–H groups in total. The van der Waals surface area contributed by atoms with Crippen LogP contribution in [0.15, 0.2) is 23.4 Å². The van der Waals surface area contributed by atoms with Gasteiger partial charge in [-0.1, -0.05) is 36.2 Å². The number of amidine groups is 1. The fraction of sp³-hybridized carbons (Fsp3) is 0.462. The van der Waals surface area contributed by atoms with Crippen LogP contribution in [0, 0.1) is 0 Å². The average Bonchev–Trinajstić information content (AvgIpc) is 2.42. The third-order valence-electron chi connectivity index (χ3n) is 2.85. The van der Waals surface area contributed by atoms with Gasteiger partial charge in [0.05, 0.1) is 17.2 Å². The third-order valence-corrected chi connectivity index (χ3v) is 3.16. The highest BCUT2D eigenvalue weighted by atomic mass is 35.5. The van der Waals surface area contributed by atoms with Crippen LogP contribution in [0.5, 0.6) is 0 Å². The molecule has 0 radical (unpaired) electrons. The van der Waals surface area contributed by atoms with Crippen LogP contribution in [-0.4, -0.2) is 35.8 Å². The molecular weight excluding hydrogens is 266 g/mol. The van der Waals surface area contributed by atoms with Crippen molar-refractivity contribution in [2.75, 3.05) is 24.6 Å². The van der Waals surface area contributed by atoms with Crippen molar-refractivity contribution in [1.29, 1.82) is 0 Å². The number of nitrogens with two attached hydrogens (primary N) is 1. The van der Waals surface area contributed by atoms with Crippen molar-refractivity contribution in [2.45, 2.75) is 19.8 Å². The molecule has 1 aromatic carbocycles. The second-order valence-corrected chi connectivity index (χ2v) is 4.59. The van der Waals surface area contributed by atoms with Crippen LogP contribution in [0.25, 0.3) is 0 Å². The van der Waals surface area contributed by atoms with Gasteiger partial charge < -0.3 is 20.9 Å². The minimum Gasteiger partial charge on any atom is -0.409 e. The summed E-state index contributed by atoms with van der Waals surface area (Å²) in [4.78, 5) is 1.99. The predicted octanol–water partition coefficient (Wildman–Crippen LogP) is 2.03. The molecule has 1 aromatic rings. The van der Waals surface area contributed by atoms with Gasteiger partial charge in [0.1, 0.15) is 0 Å². The van der Waals surface area contributed by atoms with Crippen molar-refractivity contribution in [3.8, 4) is 0 Å². The summed E-state index contributed by atoms with van der Waals surface area (Å²) < 4.78 is 0. The molecule has 0 bridgehead atoms. The molecule has 0 amide bonds. The number of halogens is 1. The molecule has 1 rings (SSSR count). The summed E-state index contributed by atoms with van der Waals surface area (Å²) in [6, 6.07) is 5.35. The van der Waals surface area contributed by atoms with Crippen molar-refractivity contribution in [3.63, 3.8) is 0 Å². The Bertz CT molecular complexity index is 438. The third kappa shape index (κ3) is 4.01. The normalized spacial score (nSPS) is 11.6. The van der Waals surface area contributed by atoms with E-state index >= 15 is 0 Å². The van der Waals surface area contributed by atoms with Crippen LogP contribution in [0.2, 0.25) is 5.02 Å². The average molecular weight is 286 g/mol. The molecule has 0 aromatic heterocycles. The number of hydrogen-bond donors (Lipinski definition) is 3. The van der Waals surface area contributed by atoms with E-state index in [-0.39, 0.29) is 12.4 Å². The van der Waals surface area contributed by atoms with Crippen LogP contribution >= 0.6 is 11.6 Å². The van der Waals surface area contributed by atoms with E-state index in [1.54, 1.807) is 6.07 Å². The van der Waals surface area contributed by atoms with Crippen LogP contribution < -0.4 is 10.6 Å². The van der Waals surface area contributed by atoms with E-state index in [1.807, 2.05) is 17.0 Å². The molecule has 0 unspecified atom stereocenters. The number of anilines is 1. The van der Waals surface area contributed by atoms with Gasteiger partial charge in [0.25, 0.3) is 0 Å². The molecule has 0 atom stereocenters. The minimum absolute atomic E-state index is 0.0277. The van der Waals surface area contributed by atoms with Gasteiger partial charge in [-0.05, 0) is 18.6 Å². The molecule has 5 nitrogen and oxygen atoms in total. The van der Waals surface area contributed by atoms with E-state index in [4.69, 9.17) is 27.6 Å². The van der Waals surface area contributed by atoms with E-state index in [2.05, 4.69) is 12.1 Å². The van der Waals surface area contributed by atoms with Gasteiger partial charge in [0, 0.05) is 18.8 Å². The molecule has 106 valence electrons. The highest BCUT2D eigenvalue weighted by Crippen LogP contribution is 2.27. The van der Waals surface area contributed by atoms with Crippen LogP contribution in [-0.2, 0) is 0 Å². The molecule has 0 aliphatic rings. The van der Waals surface area contributed by atoms with Gasteiger partial charge >= 0.3 is 0 Å². The first kappa shape index (κ1) is 15.6. The van der Waals surface area contributed by atoms with Gasteiger partial charge in [-0.2, -0.15) is 0 Å². The lowest BCUT2D eigenvalue weighted by atomic mass is 10.1. The Morgan fingerprint density at radius 1 is 1.42 bits per heavy atom. The Labute approximate surface area is 118 Å². The number of hydrogen-bond acceptors (Lipinski definition) is 4. The molecule has 0 fully saturated rings. The number of rotatable bonds is 7. The fourth-order valence-corrected chi connectivity index (χ4v) is 2.17. The summed E-state index contributed by atoms with van der Waals surface area (Å²) in [5.41, 5.74) is 6.95. The lowest BCUT2D eigenvalue weighted by Crippen LogP contribution is -2.30. The molecule has 0 aliphatic heterocycles. The summed E-state index contributed by atoms with van der Waals surface area (Å²) >= 11 is 6.12. The van der Waals surface area contributed by atoms with Gasteiger partial charge in [-0.15, -0.1) is 0 Å². The van der Waals surface area contributed by atoms with Crippen LogP contribution in [0.3, 0.4) is 0 Å². The largest absolute Gasteiger partial charge is 0.409 e. The molecule has 0 saturated carbocycles. The van der Waals surface area contributed by atoms with Crippen molar-refractivity contribution in [2.24, 2.45) is 10.9 Å². The van der Waals surface area contributed by atoms with Gasteiger partial charge in [0.2, 0.25) is 0 Å². The zero-order valence-corrected chi connectivity index (χ0v) is 11.8. The maximum Gasteiger partial charge on any atom is 0.173 e. The van der Waals surface area contributed by atoms with Crippen molar-refractivity contribution in [3.05, 3.63) is 28.8 Å². The first-order valence-electron chi connectivity index (χ1n) is 6.27. The number of benzene rings is 1. The Morgan fingerprint density at radius 2 is 2.16 bits per heavy atom. The smallest absolute Gasteiger partial charge is 0.173 e. The molecule has 6 heteroatoms. The number of oxime groups is 1. The topological polar surface area (TPSA) is 82.1 Å². The molecular formula is C13H20ClN3O2. The SMILES string of the molecule is CCCCN(CCO)c1cccc(Cl)c1C(N)=NO. The van der Waals surface area contributed by atoms with Crippen LogP contribution in [0.1, 0.15) is 25.3 Å². The van der Waals surface area contributed by atoms with Gasteiger partial charge in [-0.25, -0.2) is 0 Å². The number of nitrogens with zero attached hydrogens (tertiary/aromatic N) is 2. The highest BCUT2D eigenvalue weighted by Gasteiger charge is 2.16. The lowest BCUT2D eigenvalue weighted by Gasteiger charge is -2.26. The summed E-state index contributed by atoms with van der Waals surface area (Å²) in [6.45, 7) is 3.39. The van der Waals surface area contributed by atoms with Gasteiger partial charge in [-0.3, -0.25) is 0 Å². The second kappa shape index (κ2) is 7.86. The zero-order chi connectivity index (χ0) is 14.3. The molecule has 0 heterocycles. The fourth-order valence-electron chi connectivity index (χ4n) is 1.90. The Kier molecular flexibility index (Phi) is 6.45. The Morgan fingerprint density at radius 3 is 2.74 bits per heavy atom. The van der Waals surface area contributed by atoms with E-state index in [0.29, 0.717) is 17.1 Å². The zero-order valence-electron chi connectivity index (χ0n) is 11.0. The number of aliphatic hydroxyl groups excluding tert-OH is 1. The van der Waals surface area contributed by atoms with Crippen molar-refractivity contribution in [1.82, 2.24) is 0 Å². The van der Waals surface area contributed by atoms with Crippen LogP contribution in [0.4, 0.5) is 5.69 Å². The summed E-state index contributed by atoms with van der Waals surface area (Å²) in [7, 11) is 0. The highest BCUT2D eigenvalue weighted by molar-refractivity contribution is 6.34. The maximum atomic E-state index is 9.17. The molecule has 0 spiro atoms. The second-order valence-electron chi connectivity index (χ2n) is 4.18. The summed E-state index contributed by atoms with van der Waals surface area (Å²) in [5, 5.41) is 21.5. The van der Waals surface area contributed by atoms with Crippen molar-refractivity contribution >= 4 is 23.1 Å². The summed E-state index contributed by atoms with van der Waals surface area (Å²) in [5.74, 6) is -0.0277. The summed E-state index contributed by atoms with van der Waals surface area (Å²) in [6.07, 6.45) is 2.03. The quantitative estimate of drug-likeness (QED) is 0.310. The minimum atomic E-state index is -0.0277. The van der Waals surface area contributed by atoms with E-state index < -0.39 is 0 Å². The van der Waals surface area contributed by atoms with E-state index in [1.165, 1.54) is 0 Å². The Balaban J connectivity index is 3.17. The van der Waals surface area contributed by atoms with Gasteiger partial charge in [0.15, 0.2) is 5.84 Å².